The van der Waals surface area contributed by atoms with Crippen molar-refractivity contribution in [3.05, 3.63) is 53.8 Å². The van der Waals surface area contributed by atoms with Crippen molar-refractivity contribution in [3.63, 3.8) is 0 Å². The van der Waals surface area contributed by atoms with Crippen molar-refractivity contribution in [1.29, 1.82) is 0 Å². The van der Waals surface area contributed by atoms with Crippen LogP contribution in [-0.4, -0.2) is 48.0 Å². The maximum absolute atomic E-state index is 12.0. The van der Waals surface area contributed by atoms with Gasteiger partial charge in [-0.25, -0.2) is 0 Å². The quantitative estimate of drug-likeness (QED) is 0.240. The Morgan fingerprint density at radius 2 is 2.07 bits per heavy atom. The molecule has 2 heterocycles. The van der Waals surface area contributed by atoms with Gasteiger partial charge in [0, 0.05) is 18.2 Å². The van der Waals surface area contributed by atoms with Crippen LogP contribution < -0.4 is 16.4 Å². The molecule has 13 nitrogen and oxygen atoms in total. The minimum Gasteiger partial charge on any atom is -0.355 e. The predicted molar refractivity (Wildman–Crippen MR) is 98.3 cm³/mol. The van der Waals surface area contributed by atoms with Crippen molar-refractivity contribution in [1.82, 2.24) is 35.9 Å². The van der Waals surface area contributed by atoms with Gasteiger partial charge in [-0.05, 0) is 30.7 Å². The summed E-state index contributed by atoms with van der Waals surface area (Å²) >= 11 is 0. The molecule has 3 aromatic rings. The van der Waals surface area contributed by atoms with Gasteiger partial charge in [0.1, 0.15) is 0 Å². The van der Waals surface area contributed by atoms with E-state index in [-0.39, 0.29) is 35.3 Å². The summed E-state index contributed by atoms with van der Waals surface area (Å²) in [6.07, 6.45) is 1.46. The minimum atomic E-state index is -0.868. The molecule has 0 spiro atoms. The van der Waals surface area contributed by atoms with Gasteiger partial charge < -0.3 is 15.3 Å². The monoisotopic (exact) mass is 400 g/mol. The lowest BCUT2D eigenvalue weighted by molar-refractivity contribution is -0.385. The van der Waals surface area contributed by atoms with Gasteiger partial charge in [0.05, 0.1) is 22.4 Å². The Bertz CT molecular complexity index is 1210. The normalized spacial score (nSPS) is 15.8. The van der Waals surface area contributed by atoms with E-state index in [4.69, 9.17) is 0 Å². The van der Waals surface area contributed by atoms with E-state index in [9.17, 15) is 24.5 Å². The number of benzene rings is 1. The number of fused-ring (bicyclic) bond motifs is 3. The van der Waals surface area contributed by atoms with Crippen molar-refractivity contribution in [2.75, 3.05) is 6.54 Å². The largest absolute Gasteiger partial charge is 0.355 e. The molecule has 1 aromatic carbocycles. The van der Waals surface area contributed by atoms with Crippen LogP contribution >= 0.6 is 0 Å². The van der Waals surface area contributed by atoms with Crippen LogP contribution in [-0.2, 0) is 24.1 Å². The molecule has 0 saturated heterocycles. The Hall–Kier alpha value is -3.90. The molecular formula is C16H16N8O5. The number of H-pyrrole nitrogens is 3. The lowest BCUT2D eigenvalue weighted by Crippen LogP contribution is -2.34. The van der Waals surface area contributed by atoms with E-state index >= 15 is 0 Å². The van der Waals surface area contributed by atoms with Crippen LogP contribution in [0.25, 0.3) is 11.0 Å². The molecule has 29 heavy (non-hydrogen) atoms. The second-order valence-electron chi connectivity index (χ2n) is 6.86. The summed E-state index contributed by atoms with van der Waals surface area (Å²) in [5.74, 6) is 0.0239. The molecule has 1 amide bonds. The Labute approximate surface area is 161 Å². The smallest absolute Gasteiger partial charge is 0.314 e. The highest BCUT2D eigenvalue weighted by Gasteiger charge is 2.29. The first-order valence-electron chi connectivity index (χ1n) is 8.87. The molecule has 0 aliphatic heterocycles. The zero-order chi connectivity index (χ0) is 20.5. The molecule has 2 aromatic heterocycles. The number of nitro groups is 1. The van der Waals surface area contributed by atoms with E-state index in [1.807, 2.05) is 0 Å². The Morgan fingerprint density at radius 3 is 2.79 bits per heavy atom. The average Bonchev–Trinajstić information content (AvgIpc) is 3.19. The molecular weight excluding hydrogens is 384 g/mol. The van der Waals surface area contributed by atoms with Gasteiger partial charge in [-0.15, -0.1) is 10.2 Å². The number of carbonyl (C=O) groups is 1. The Kier molecular flexibility index (Phi) is 4.62. The zero-order valence-corrected chi connectivity index (χ0v) is 15.0. The van der Waals surface area contributed by atoms with Gasteiger partial charge in [0.2, 0.25) is 5.91 Å². The molecule has 4 rings (SSSR count). The summed E-state index contributed by atoms with van der Waals surface area (Å²) in [6.45, 7) is 0.355. The fraction of sp³-hybridized carbons (Fsp3) is 0.375. The number of hydrogen-bond donors (Lipinski definition) is 4. The lowest BCUT2D eigenvalue weighted by Gasteiger charge is -2.25. The number of aromatic amines is 3. The molecule has 1 aliphatic carbocycles. The molecule has 1 unspecified atom stereocenters. The Morgan fingerprint density at radius 1 is 1.28 bits per heavy atom. The van der Waals surface area contributed by atoms with Crippen molar-refractivity contribution in [2.45, 2.75) is 25.7 Å². The number of aromatic nitrogens is 6. The highest BCUT2D eigenvalue weighted by Crippen LogP contribution is 2.35. The molecule has 0 fully saturated rings. The SMILES string of the molecule is O=C(Cc1nn[nH]n1)NCC1CCc2c([N+](=O)[O-])cc3[nH]c(=O)c(=O)[nH]c3c2C1. The van der Waals surface area contributed by atoms with Crippen molar-refractivity contribution in [2.24, 2.45) is 5.92 Å². The zero-order valence-electron chi connectivity index (χ0n) is 15.0. The van der Waals surface area contributed by atoms with Crippen LogP contribution in [0.15, 0.2) is 15.7 Å². The van der Waals surface area contributed by atoms with Gasteiger partial charge in [0.25, 0.3) is 5.69 Å². The summed E-state index contributed by atoms with van der Waals surface area (Å²) in [5.41, 5.74) is -0.0163. The fourth-order valence-electron chi connectivity index (χ4n) is 3.66. The van der Waals surface area contributed by atoms with E-state index in [1.165, 1.54) is 6.07 Å². The molecule has 13 heteroatoms. The number of nitrogens with one attached hydrogen (secondary N) is 4. The molecule has 4 N–H and O–H groups in total. The molecule has 0 saturated carbocycles. The average molecular weight is 400 g/mol. The second kappa shape index (κ2) is 7.26. The number of nitrogens with zero attached hydrogens (tertiary/aromatic N) is 4. The summed E-state index contributed by atoms with van der Waals surface area (Å²) in [4.78, 5) is 51.3. The number of carbonyl (C=O) groups excluding carboxylic acids is 1. The third-order valence-corrected chi connectivity index (χ3v) is 5.01. The van der Waals surface area contributed by atoms with Crippen molar-refractivity contribution < 1.29 is 9.72 Å². The van der Waals surface area contributed by atoms with Gasteiger partial charge in [-0.3, -0.25) is 24.5 Å². The number of nitro benzene ring substituents is 1. The first-order valence-corrected chi connectivity index (χ1v) is 8.87. The first-order chi connectivity index (χ1) is 13.9. The number of amides is 1. The first kappa shape index (κ1) is 18.5. The Balaban J connectivity index is 1.59. The highest BCUT2D eigenvalue weighted by molar-refractivity contribution is 5.83. The fourth-order valence-corrected chi connectivity index (χ4v) is 3.66. The van der Waals surface area contributed by atoms with E-state index < -0.39 is 16.0 Å². The summed E-state index contributed by atoms with van der Waals surface area (Å²) in [5, 5.41) is 27.4. The topological polar surface area (TPSA) is 192 Å². The van der Waals surface area contributed by atoms with Crippen LogP contribution in [0.1, 0.15) is 23.4 Å². The van der Waals surface area contributed by atoms with Crippen LogP contribution in [0.4, 0.5) is 5.69 Å². The molecule has 1 aliphatic rings. The minimum absolute atomic E-state index is 0.0111. The molecule has 150 valence electrons. The summed E-state index contributed by atoms with van der Waals surface area (Å²) < 4.78 is 0. The van der Waals surface area contributed by atoms with Gasteiger partial charge in [-0.2, -0.15) is 5.21 Å². The van der Waals surface area contributed by atoms with E-state index in [1.54, 1.807) is 0 Å². The van der Waals surface area contributed by atoms with Crippen LogP contribution in [0, 0.1) is 16.0 Å². The maximum atomic E-state index is 12.0. The number of hydrogen-bond acceptors (Lipinski definition) is 8. The van der Waals surface area contributed by atoms with Gasteiger partial charge in [-0.1, -0.05) is 5.21 Å². The van der Waals surface area contributed by atoms with E-state index in [0.29, 0.717) is 42.5 Å². The molecule has 1 atom stereocenters. The second-order valence-corrected chi connectivity index (χ2v) is 6.86. The molecule has 0 bridgehead atoms. The number of tetrazole rings is 1. The molecule has 0 radical (unpaired) electrons. The van der Waals surface area contributed by atoms with Crippen molar-refractivity contribution in [3.8, 4) is 0 Å². The van der Waals surface area contributed by atoms with E-state index in [0.717, 1.165) is 0 Å². The lowest BCUT2D eigenvalue weighted by atomic mass is 9.82. The van der Waals surface area contributed by atoms with Crippen LogP contribution in [0.3, 0.4) is 0 Å². The van der Waals surface area contributed by atoms with Crippen molar-refractivity contribution >= 4 is 22.6 Å². The predicted octanol–water partition coefficient (Wildman–Crippen LogP) is -0.898. The third kappa shape index (κ3) is 3.61. The van der Waals surface area contributed by atoms with Gasteiger partial charge in [0.15, 0.2) is 5.82 Å². The van der Waals surface area contributed by atoms with E-state index in [2.05, 4.69) is 35.9 Å². The number of rotatable bonds is 5. The van der Waals surface area contributed by atoms with Crippen LogP contribution in [0.2, 0.25) is 0 Å². The summed E-state index contributed by atoms with van der Waals surface area (Å²) in [7, 11) is 0. The highest BCUT2D eigenvalue weighted by atomic mass is 16.6. The maximum Gasteiger partial charge on any atom is 0.314 e. The third-order valence-electron chi connectivity index (χ3n) is 5.01. The van der Waals surface area contributed by atoms with Crippen LogP contribution in [0.5, 0.6) is 0 Å². The standard InChI is InChI=1S/C16H16N8O5/c25-13(5-12-20-22-23-21-12)17-6-7-1-2-8-9(3-7)14-10(4-11(8)24(28)29)18-15(26)16(27)19-14/h4,7H,1-3,5-6H2,(H,17,25)(H,18,26)(H,19,27)(H,20,21,22,23). The van der Waals surface area contributed by atoms with Gasteiger partial charge >= 0.3 is 11.1 Å². The summed E-state index contributed by atoms with van der Waals surface area (Å²) in [6, 6.07) is 1.28.